The number of aliphatic hydroxyl groups is 1. The Hall–Kier alpha value is -2.95. The molecular formula is C31H43N3O6S. The molecule has 3 atom stereocenters. The summed E-state index contributed by atoms with van der Waals surface area (Å²) in [4.78, 5) is 28.9. The first kappa shape index (κ1) is 31.0. The van der Waals surface area contributed by atoms with Crippen LogP contribution in [0.1, 0.15) is 56.3 Å². The molecule has 0 aromatic heterocycles. The second-order valence-electron chi connectivity index (χ2n) is 11.7. The molecule has 1 N–H and O–H groups in total. The maximum absolute atomic E-state index is 13.8. The van der Waals surface area contributed by atoms with E-state index in [4.69, 9.17) is 4.74 Å². The largest absolute Gasteiger partial charge is 0.487 e. The molecule has 0 radical (unpaired) electrons. The molecule has 0 unspecified atom stereocenters. The van der Waals surface area contributed by atoms with Gasteiger partial charge in [-0.2, -0.15) is 4.31 Å². The molecule has 0 bridgehead atoms. The molecule has 1 heterocycles. The summed E-state index contributed by atoms with van der Waals surface area (Å²) in [5.41, 5.74) is 2.10. The van der Waals surface area contributed by atoms with Crippen molar-refractivity contribution in [3.63, 3.8) is 0 Å². The van der Waals surface area contributed by atoms with Gasteiger partial charge in [0.05, 0.1) is 13.2 Å². The van der Waals surface area contributed by atoms with E-state index in [1.807, 2.05) is 19.1 Å². The number of hydrogen-bond donors (Lipinski definition) is 1. The second kappa shape index (κ2) is 12.9. The fourth-order valence-electron chi connectivity index (χ4n) is 5.71. The summed E-state index contributed by atoms with van der Waals surface area (Å²) >= 11 is 0. The molecule has 2 aromatic rings. The number of fused-ring (bicyclic) bond motifs is 1. The predicted molar refractivity (Wildman–Crippen MR) is 158 cm³/mol. The Labute approximate surface area is 244 Å². The SMILES string of the molecule is C[C@@H]1CN([C@H](C)CO)S(=O)(=O)c2ccc(-c3ccc(C(=O)N(C)C)cc3)cc2O[C@H]1CN(C)C(=O)C1CCCCC1. The van der Waals surface area contributed by atoms with Crippen LogP contribution in [-0.4, -0.2) is 92.4 Å². The van der Waals surface area contributed by atoms with Crippen LogP contribution in [-0.2, 0) is 14.8 Å². The van der Waals surface area contributed by atoms with Crippen LogP contribution >= 0.6 is 0 Å². The zero-order valence-corrected chi connectivity index (χ0v) is 25.6. The summed E-state index contributed by atoms with van der Waals surface area (Å²) in [6.07, 6.45) is 4.62. The molecular weight excluding hydrogens is 542 g/mol. The van der Waals surface area contributed by atoms with Crippen molar-refractivity contribution in [2.75, 3.05) is 40.8 Å². The number of carbonyl (C=O) groups excluding carboxylic acids is 2. The van der Waals surface area contributed by atoms with E-state index in [0.29, 0.717) is 12.1 Å². The van der Waals surface area contributed by atoms with Crippen LogP contribution < -0.4 is 4.74 Å². The summed E-state index contributed by atoms with van der Waals surface area (Å²) in [5, 5.41) is 9.92. The molecule has 2 aromatic carbocycles. The highest BCUT2D eigenvalue weighted by atomic mass is 32.2. The lowest BCUT2D eigenvalue weighted by atomic mass is 9.88. The van der Waals surface area contributed by atoms with E-state index >= 15 is 0 Å². The molecule has 224 valence electrons. The Morgan fingerprint density at radius 2 is 1.66 bits per heavy atom. The average Bonchev–Trinajstić information content (AvgIpc) is 2.97. The molecule has 2 amide bonds. The minimum atomic E-state index is -3.98. The predicted octanol–water partition coefficient (Wildman–Crippen LogP) is 3.86. The van der Waals surface area contributed by atoms with Crippen LogP contribution in [0.15, 0.2) is 47.4 Å². The van der Waals surface area contributed by atoms with E-state index in [0.717, 1.165) is 43.2 Å². The van der Waals surface area contributed by atoms with E-state index in [1.165, 1.54) is 9.21 Å². The molecule has 9 nitrogen and oxygen atoms in total. The summed E-state index contributed by atoms with van der Waals surface area (Å²) < 4.78 is 35.5. The Balaban J connectivity index is 1.70. The normalized spacial score (nSPS) is 22.0. The van der Waals surface area contributed by atoms with Crippen LogP contribution in [0.5, 0.6) is 5.75 Å². The zero-order chi connectivity index (χ0) is 29.9. The topological polar surface area (TPSA) is 107 Å². The standard InChI is InChI=1S/C31H43N3O6S/c1-21-18-34(22(2)20-35)41(38,39)29-16-15-26(23-11-13-25(14-12-23)30(36)32(3)4)17-27(29)40-28(21)19-33(5)31(37)24-9-7-6-8-10-24/h11-17,21-22,24,28,35H,6-10,18-20H2,1-5H3/t21-,22-,28+/m1/s1. The molecule has 10 heteroatoms. The Bertz CT molecular complexity index is 1340. The molecule has 1 saturated carbocycles. The van der Waals surface area contributed by atoms with Gasteiger partial charge >= 0.3 is 0 Å². The van der Waals surface area contributed by atoms with E-state index in [9.17, 15) is 23.1 Å². The van der Waals surface area contributed by atoms with Crippen molar-refractivity contribution in [1.82, 2.24) is 14.1 Å². The number of nitrogens with zero attached hydrogens (tertiary/aromatic N) is 3. The summed E-state index contributed by atoms with van der Waals surface area (Å²) in [6.45, 7) is 3.77. The van der Waals surface area contributed by atoms with Gasteiger partial charge < -0.3 is 19.6 Å². The maximum atomic E-state index is 13.8. The smallest absolute Gasteiger partial charge is 0.253 e. The van der Waals surface area contributed by atoms with Gasteiger partial charge in [0, 0.05) is 51.1 Å². The Morgan fingerprint density at radius 3 is 2.27 bits per heavy atom. The third-order valence-corrected chi connectivity index (χ3v) is 10.3. The lowest BCUT2D eigenvalue weighted by Gasteiger charge is -2.38. The summed E-state index contributed by atoms with van der Waals surface area (Å²) in [5.74, 6) is -0.0251. The van der Waals surface area contributed by atoms with Gasteiger partial charge in [0.2, 0.25) is 15.9 Å². The number of amides is 2. The van der Waals surface area contributed by atoms with Crippen LogP contribution in [0, 0.1) is 11.8 Å². The minimum absolute atomic E-state index is 0.0186. The quantitative estimate of drug-likeness (QED) is 0.529. The van der Waals surface area contributed by atoms with Crippen molar-refractivity contribution in [2.45, 2.75) is 63.0 Å². The van der Waals surface area contributed by atoms with Gasteiger partial charge in [-0.3, -0.25) is 9.59 Å². The first-order valence-electron chi connectivity index (χ1n) is 14.4. The third kappa shape index (κ3) is 6.76. The van der Waals surface area contributed by atoms with Crippen molar-refractivity contribution >= 4 is 21.8 Å². The third-order valence-electron chi connectivity index (χ3n) is 8.32. The second-order valence-corrected chi connectivity index (χ2v) is 13.6. The number of sulfonamides is 1. The molecule has 1 aliphatic carbocycles. The molecule has 0 saturated heterocycles. The van der Waals surface area contributed by atoms with Crippen LogP contribution in [0.2, 0.25) is 0 Å². The van der Waals surface area contributed by atoms with Gasteiger partial charge in [0.1, 0.15) is 16.7 Å². The van der Waals surface area contributed by atoms with Crippen molar-refractivity contribution in [1.29, 1.82) is 0 Å². The number of benzene rings is 2. The van der Waals surface area contributed by atoms with E-state index < -0.39 is 22.2 Å². The fraction of sp³-hybridized carbons (Fsp3) is 0.548. The monoisotopic (exact) mass is 585 g/mol. The highest BCUT2D eigenvalue weighted by Crippen LogP contribution is 2.37. The average molecular weight is 586 g/mol. The first-order chi connectivity index (χ1) is 19.4. The number of carbonyl (C=O) groups is 2. The van der Waals surface area contributed by atoms with Gasteiger partial charge in [-0.05, 0) is 55.2 Å². The molecule has 41 heavy (non-hydrogen) atoms. The number of aliphatic hydroxyl groups excluding tert-OH is 1. The van der Waals surface area contributed by atoms with Gasteiger partial charge in [-0.1, -0.05) is 44.4 Å². The lowest BCUT2D eigenvalue weighted by molar-refractivity contribution is -0.136. The van der Waals surface area contributed by atoms with E-state index in [-0.39, 0.29) is 47.4 Å². The Morgan fingerprint density at radius 1 is 1.02 bits per heavy atom. The van der Waals surface area contributed by atoms with Crippen LogP contribution in [0.25, 0.3) is 11.1 Å². The minimum Gasteiger partial charge on any atom is -0.487 e. The molecule has 2 aliphatic rings. The van der Waals surface area contributed by atoms with Gasteiger partial charge in [-0.15, -0.1) is 0 Å². The van der Waals surface area contributed by atoms with Crippen molar-refractivity contribution in [3.8, 4) is 16.9 Å². The fourth-order valence-corrected chi connectivity index (χ4v) is 7.53. The van der Waals surface area contributed by atoms with E-state index in [1.54, 1.807) is 63.3 Å². The van der Waals surface area contributed by atoms with Gasteiger partial charge in [0.15, 0.2) is 0 Å². The zero-order valence-electron chi connectivity index (χ0n) is 24.7. The van der Waals surface area contributed by atoms with Gasteiger partial charge in [0.25, 0.3) is 5.91 Å². The van der Waals surface area contributed by atoms with E-state index in [2.05, 4.69) is 0 Å². The summed E-state index contributed by atoms with van der Waals surface area (Å²) in [7, 11) is 1.21. The number of ether oxygens (including phenoxy) is 1. The molecule has 1 fully saturated rings. The number of hydrogen-bond acceptors (Lipinski definition) is 6. The molecule has 1 aliphatic heterocycles. The highest BCUT2D eigenvalue weighted by Gasteiger charge is 2.39. The number of rotatable bonds is 7. The molecule has 4 rings (SSSR count). The van der Waals surface area contributed by atoms with Crippen molar-refractivity contribution in [3.05, 3.63) is 48.0 Å². The van der Waals surface area contributed by atoms with Crippen LogP contribution in [0.3, 0.4) is 0 Å². The highest BCUT2D eigenvalue weighted by molar-refractivity contribution is 7.89. The lowest BCUT2D eigenvalue weighted by Crippen LogP contribution is -2.50. The summed E-state index contributed by atoms with van der Waals surface area (Å²) in [6, 6.07) is 11.5. The van der Waals surface area contributed by atoms with Crippen molar-refractivity contribution in [2.24, 2.45) is 11.8 Å². The Kier molecular flexibility index (Phi) is 9.77. The van der Waals surface area contributed by atoms with Gasteiger partial charge in [-0.25, -0.2) is 8.42 Å². The molecule has 0 spiro atoms. The number of likely N-dealkylation sites (N-methyl/N-ethyl adjacent to an activating group) is 1. The maximum Gasteiger partial charge on any atom is 0.253 e. The first-order valence-corrected chi connectivity index (χ1v) is 15.9. The van der Waals surface area contributed by atoms with Crippen molar-refractivity contribution < 1.29 is 27.9 Å². The van der Waals surface area contributed by atoms with Crippen LogP contribution in [0.4, 0.5) is 0 Å².